The lowest BCUT2D eigenvalue weighted by atomic mass is 10.0. The summed E-state index contributed by atoms with van der Waals surface area (Å²) in [6.45, 7) is 4.39. The summed E-state index contributed by atoms with van der Waals surface area (Å²) in [5.41, 5.74) is 2.82. The first-order chi connectivity index (χ1) is 5.86. The van der Waals surface area contributed by atoms with Crippen molar-refractivity contribution in [3.8, 4) is 0 Å². The Balaban J connectivity index is 2.67. The van der Waals surface area contributed by atoms with Crippen molar-refractivity contribution in [2.75, 3.05) is 0 Å². The van der Waals surface area contributed by atoms with Gasteiger partial charge >= 0.3 is 0 Å². The molecule has 0 aliphatic rings. The third-order valence-electron chi connectivity index (χ3n) is 1.93. The van der Waals surface area contributed by atoms with E-state index in [0.717, 1.165) is 6.42 Å². The fourth-order valence-electron chi connectivity index (χ4n) is 1.40. The van der Waals surface area contributed by atoms with Crippen molar-refractivity contribution >= 4 is 0 Å². The minimum absolute atomic E-state index is 1.12. The number of hydrogen-bond donors (Lipinski definition) is 0. The van der Waals surface area contributed by atoms with Gasteiger partial charge in [0.15, 0.2) is 0 Å². The van der Waals surface area contributed by atoms with E-state index in [-0.39, 0.29) is 0 Å². The van der Waals surface area contributed by atoms with Crippen molar-refractivity contribution in [2.24, 2.45) is 0 Å². The maximum atomic E-state index is 2.28. The molecule has 65 valence electrons. The van der Waals surface area contributed by atoms with E-state index in [2.05, 4.69) is 44.5 Å². The molecule has 0 aliphatic carbocycles. The number of hydrogen-bond acceptors (Lipinski definition) is 0. The van der Waals surface area contributed by atoms with E-state index in [9.17, 15) is 0 Å². The van der Waals surface area contributed by atoms with Gasteiger partial charge in [-0.3, -0.25) is 0 Å². The second-order valence-electron chi connectivity index (χ2n) is 3.11. The minimum Gasteiger partial charge on any atom is -0.0651 e. The molecule has 0 fully saturated rings. The summed E-state index contributed by atoms with van der Waals surface area (Å²) >= 11 is 0. The normalized spacial score (nSPS) is 10.2. The molecule has 1 aromatic carbocycles. The second kappa shape index (κ2) is 4.97. The van der Waals surface area contributed by atoms with Gasteiger partial charge in [0.2, 0.25) is 0 Å². The summed E-state index contributed by atoms with van der Waals surface area (Å²) in [7, 11) is 0. The first kappa shape index (κ1) is 9.31. The molecule has 0 nitrogen and oxygen atoms in total. The SMILES string of the molecule is CC[CH]c1cccc(CCC)c1. The average molecular weight is 161 g/mol. The van der Waals surface area contributed by atoms with Crippen molar-refractivity contribution in [3.05, 3.63) is 41.8 Å². The second-order valence-corrected chi connectivity index (χ2v) is 3.11. The van der Waals surface area contributed by atoms with Gasteiger partial charge in [0.25, 0.3) is 0 Å². The molecule has 0 unspecified atom stereocenters. The van der Waals surface area contributed by atoms with Gasteiger partial charge in [0.1, 0.15) is 0 Å². The van der Waals surface area contributed by atoms with Crippen LogP contribution in [0.2, 0.25) is 0 Å². The lowest BCUT2D eigenvalue weighted by Crippen LogP contribution is -1.85. The molecule has 12 heavy (non-hydrogen) atoms. The highest BCUT2D eigenvalue weighted by molar-refractivity contribution is 5.28. The number of aryl methyl sites for hydroxylation is 1. The molecule has 0 aromatic heterocycles. The van der Waals surface area contributed by atoms with E-state index in [0.29, 0.717) is 0 Å². The van der Waals surface area contributed by atoms with Crippen LogP contribution in [0.25, 0.3) is 0 Å². The van der Waals surface area contributed by atoms with Gasteiger partial charge in [-0.05, 0) is 30.4 Å². The molecule has 0 N–H and O–H groups in total. The number of rotatable bonds is 4. The smallest absolute Gasteiger partial charge is 0.00957 e. The standard InChI is InChI=1S/C12H17/c1-3-6-11-8-5-9-12(10-11)7-4-2/h5-6,8-10H,3-4,7H2,1-2H3. The summed E-state index contributed by atoms with van der Waals surface area (Å²) in [6.07, 6.45) is 5.82. The Morgan fingerprint density at radius 3 is 2.75 bits per heavy atom. The molecule has 0 amide bonds. The van der Waals surface area contributed by atoms with E-state index < -0.39 is 0 Å². The summed E-state index contributed by atoms with van der Waals surface area (Å²) in [5.74, 6) is 0. The Bertz CT molecular complexity index is 204. The van der Waals surface area contributed by atoms with Gasteiger partial charge in [-0.25, -0.2) is 0 Å². The Morgan fingerprint density at radius 2 is 2.08 bits per heavy atom. The Hall–Kier alpha value is -0.780. The molecule has 0 heterocycles. The lowest BCUT2D eigenvalue weighted by molar-refractivity contribution is 0.919. The van der Waals surface area contributed by atoms with Crippen LogP contribution in [-0.4, -0.2) is 0 Å². The maximum absolute atomic E-state index is 2.28. The fraction of sp³-hybridized carbons (Fsp3) is 0.417. The van der Waals surface area contributed by atoms with Gasteiger partial charge in [0, 0.05) is 0 Å². The van der Waals surface area contributed by atoms with Crippen molar-refractivity contribution < 1.29 is 0 Å². The highest BCUT2D eigenvalue weighted by atomic mass is 14.0. The van der Waals surface area contributed by atoms with Crippen LogP contribution in [0.5, 0.6) is 0 Å². The lowest BCUT2D eigenvalue weighted by Gasteiger charge is -2.01. The maximum Gasteiger partial charge on any atom is -0.00957 e. The predicted octanol–water partition coefficient (Wildman–Crippen LogP) is 3.60. The van der Waals surface area contributed by atoms with Crippen LogP contribution >= 0.6 is 0 Å². The van der Waals surface area contributed by atoms with Crippen LogP contribution in [0.3, 0.4) is 0 Å². The topological polar surface area (TPSA) is 0 Å². The quantitative estimate of drug-likeness (QED) is 0.633. The highest BCUT2D eigenvalue weighted by Gasteiger charge is 1.93. The molecule has 0 heteroatoms. The molecular weight excluding hydrogens is 144 g/mol. The van der Waals surface area contributed by atoms with E-state index in [1.807, 2.05) is 0 Å². The first-order valence-electron chi connectivity index (χ1n) is 4.79. The van der Waals surface area contributed by atoms with Crippen LogP contribution in [0, 0.1) is 6.42 Å². The minimum atomic E-state index is 1.12. The summed E-state index contributed by atoms with van der Waals surface area (Å²) < 4.78 is 0. The van der Waals surface area contributed by atoms with Crippen molar-refractivity contribution in [2.45, 2.75) is 33.1 Å². The van der Waals surface area contributed by atoms with Crippen LogP contribution in [-0.2, 0) is 6.42 Å². The van der Waals surface area contributed by atoms with Gasteiger partial charge < -0.3 is 0 Å². The van der Waals surface area contributed by atoms with Gasteiger partial charge in [0.05, 0.1) is 0 Å². The Labute approximate surface area is 75.6 Å². The summed E-state index contributed by atoms with van der Waals surface area (Å²) in [5, 5.41) is 0. The van der Waals surface area contributed by atoms with Crippen LogP contribution in [0.1, 0.15) is 37.8 Å². The molecule has 0 spiro atoms. The van der Waals surface area contributed by atoms with E-state index in [4.69, 9.17) is 0 Å². The fourth-order valence-corrected chi connectivity index (χ4v) is 1.40. The van der Waals surface area contributed by atoms with Gasteiger partial charge in [-0.2, -0.15) is 0 Å². The molecule has 1 radical (unpaired) electrons. The van der Waals surface area contributed by atoms with Crippen molar-refractivity contribution in [1.82, 2.24) is 0 Å². The molecule has 0 bridgehead atoms. The van der Waals surface area contributed by atoms with Crippen molar-refractivity contribution in [1.29, 1.82) is 0 Å². The van der Waals surface area contributed by atoms with Crippen LogP contribution in [0.15, 0.2) is 24.3 Å². The van der Waals surface area contributed by atoms with Crippen LogP contribution in [0.4, 0.5) is 0 Å². The zero-order chi connectivity index (χ0) is 8.81. The third kappa shape index (κ3) is 2.69. The monoisotopic (exact) mass is 161 g/mol. The van der Waals surface area contributed by atoms with Crippen LogP contribution < -0.4 is 0 Å². The molecule has 1 aromatic rings. The first-order valence-corrected chi connectivity index (χ1v) is 4.79. The Morgan fingerprint density at radius 1 is 1.25 bits per heavy atom. The average Bonchev–Trinajstić information content (AvgIpc) is 2.06. The van der Waals surface area contributed by atoms with E-state index >= 15 is 0 Å². The van der Waals surface area contributed by atoms with Gasteiger partial charge in [-0.1, -0.05) is 44.5 Å². The molecule has 1 rings (SSSR count). The zero-order valence-corrected chi connectivity index (χ0v) is 8.01. The molecular formula is C12H17. The third-order valence-corrected chi connectivity index (χ3v) is 1.93. The van der Waals surface area contributed by atoms with E-state index in [1.54, 1.807) is 0 Å². The summed E-state index contributed by atoms with van der Waals surface area (Å²) in [6, 6.07) is 8.80. The van der Waals surface area contributed by atoms with Crippen molar-refractivity contribution in [3.63, 3.8) is 0 Å². The molecule has 0 saturated carbocycles. The Kier molecular flexibility index (Phi) is 3.86. The van der Waals surface area contributed by atoms with Gasteiger partial charge in [-0.15, -0.1) is 0 Å². The predicted molar refractivity (Wildman–Crippen MR) is 54.1 cm³/mol. The zero-order valence-electron chi connectivity index (χ0n) is 8.01. The number of benzene rings is 1. The largest absolute Gasteiger partial charge is 0.0651 e. The highest BCUT2D eigenvalue weighted by Crippen LogP contribution is 2.10. The van der Waals surface area contributed by atoms with E-state index in [1.165, 1.54) is 24.0 Å². The molecule has 0 atom stereocenters. The molecule has 0 aliphatic heterocycles. The summed E-state index contributed by atoms with van der Waals surface area (Å²) in [4.78, 5) is 0. The molecule has 0 saturated heterocycles.